The molecule has 22 heavy (non-hydrogen) atoms. The maximum Gasteiger partial charge on any atom is 0.336 e. The molecule has 0 saturated carbocycles. The molecule has 6 heteroatoms. The standard InChI is InChI=1S/C16H15NO4S/c1-9-2-3-11(7-12(9)16(19)20)17-15(18)14-6-10-8-21-5-4-13(10)22-14/h2-3,6-7H,4-5,8H2,1H3,(H,17,18)(H,19,20). The molecule has 3 rings (SSSR count). The molecular formula is C16H15NO4S. The number of carboxylic acids is 1. The molecule has 1 aromatic carbocycles. The van der Waals surface area contributed by atoms with Crippen LogP contribution in [0.15, 0.2) is 24.3 Å². The number of anilines is 1. The lowest BCUT2D eigenvalue weighted by molar-refractivity contribution is 0.0695. The van der Waals surface area contributed by atoms with E-state index in [9.17, 15) is 9.59 Å². The van der Waals surface area contributed by atoms with Gasteiger partial charge in [-0.15, -0.1) is 11.3 Å². The number of hydrogen-bond acceptors (Lipinski definition) is 4. The number of aryl methyl sites for hydroxylation is 1. The maximum atomic E-state index is 12.3. The van der Waals surface area contributed by atoms with Crippen LogP contribution in [0.25, 0.3) is 0 Å². The van der Waals surface area contributed by atoms with E-state index in [0.29, 0.717) is 29.3 Å². The number of carbonyl (C=O) groups is 2. The highest BCUT2D eigenvalue weighted by atomic mass is 32.1. The summed E-state index contributed by atoms with van der Waals surface area (Å²) in [5.74, 6) is -1.23. The van der Waals surface area contributed by atoms with Crippen molar-refractivity contribution in [3.63, 3.8) is 0 Å². The van der Waals surface area contributed by atoms with Gasteiger partial charge in [0.05, 0.1) is 23.7 Å². The fraction of sp³-hybridized carbons (Fsp3) is 0.250. The Morgan fingerprint density at radius 1 is 1.32 bits per heavy atom. The van der Waals surface area contributed by atoms with Crippen molar-refractivity contribution in [3.05, 3.63) is 50.7 Å². The van der Waals surface area contributed by atoms with Gasteiger partial charge in [-0.25, -0.2) is 4.79 Å². The Bertz CT molecular complexity index is 727. The van der Waals surface area contributed by atoms with Crippen molar-refractivity contribution in [2.24, 2.45) is 0 Å². The summed E-state index contributed by atoms with van der Waals surface area (Å²) in [6.07, 6.45) is 0.834. The number of thiophene rings is 1. The molecule has 1 amide bonds. The number of nitrogens with one attached hydrogen (secondary N) is 1. The van der Waals surface area contributed by atoms with Crippen LogP contribution in [0.2, 0.25) is 0 Å². The topological polar surface area (TPSA) is 75.6 Å². The number of carboxylic acid groups (broad SMARTS) is 1. The van der Waals surface area contributed by atoms with E-state index < -0.39 is 5.97 Å². The zero-order valence-corrected chi connectivity index (χ0v) is 12.8. The van der Waals surface area contributed by atoms with Crippen LogP contribution in [0.5, 0.6) is 0 Å². The first-order valence-electron chi connectivity index (χ1n) is 6.89. The Kier molecular flexibility index (Phi) is 3.96. The third kappa shape index (κ3) is 2.88. The van der Waals surface area contributed by atoms with Gasteiger partial charge in [0, 0.05) is 17.0 Å². The maximum absolute atomic E-state index is 12.3. The van der Waals surface area contributed by atoms with Crippen LogP contribution in [0.1, 0.15) is 36.0 Å². The monoisotopic (exact) mass is 317 g/mol. The van der Waals surface area contributed by atoms with E-state index in [1.807, 2.05) is 6.07 Å². The number of fused-ring (bicyclic) bond motifs is 1. The molecule has 0 saturated heterocycles. The second kappa shape index (κ2) is 5.90. The van der Waals surface area contributed by atoms with Gasteiger partial charge in [-0.05, 0) is 36.2 Å². The predicted octanol–water partition coefficient (Wildman–Crippen LogP) is 3.08. The third-order valence-corrected chi connectivity index (χ3v) is 4.81. The molecule has 0 bridgehead atoms. The number of amides is 1. The van der Waals surface area contributed by atoms with E-state index in [0.717, 1.165) is 12.0 Å². The highest BCUT2D eigenvalue weighted by Crippen LogP contribution is 2.27. The lowest BCUT2D eigenvalue weighted by Gasteiger charge is -2.10. The van der Waals surface area contributed by atoms with Gasteiger partial charge in [0.1, 0.15) is 0 Å². The van der Waals surface area contributed by atoms with Crippen LogP contribution < -0.4 is 5.32 Å². The molecule has 0 aliphatic carbocycles. The first-order valence-corrected chi connectivity index (χ1v) is 7.71. The zero-order chi connectivity index (χ0) is 15.7. The molecule has 0 unspecified atom stereocenters. The highest BCUT2D eigenvalue weighted by Gasteiger charge is 2.18. The van der Waals surface area contributed by atoms with Crippen molar-refractivity contribution in [3.8, 4) is 0 Å². The van der Waals surface area contributed by atoms with E-state index in [2.05, 4.69) is 5.32 Å². The Labute approximate surface area is 131 Å². The normalized spacial score (nSPS) is 13.5. The highest BCUT2D eigenvalue weighted by molar-refractivity contribution is 7.14. The Hall–Kier alpha value is -2.18. The van der Waals surface area contributed by atoms with Gasteiger partial charge in [0.25, 0.3) is 5.91 Å². The molecule has 2 N–H and O–H groups in total. The number of carbonyl (C=O) groups excluding carboxylic acids is 1. The number of aromatic carboxylic acids is 1. The van der Waals surface area contributed by atoms with Crippen LogP contribution in [0, 0.1) is 6.92 Å². The minimum Gasteiger partial charge on any atom is -0.478 e. The summed E-state index contributed by atoms with van der Waals surface area (Å²) in [6, 6.07) is 6.72. The molecule has 1 aliphatic heterocycles. The molecule has 114 valence electrons. The first kappa shape index (κ1) is 14.7. The number of benzene rings is 1. The van der Waals surface area contributed by atoms with Crippen molar-refractivity contribution in [2.75, 3.05) is 11.9 Å². The predicted molar refractivity (Wildman–Crippen MR) is 83.8 cm³/mol. The SMILES string of the molecule is Cc1ccc(NC(=O)c2cc3c(s2)CCOC3)cc1C(=O)O. The summed E-state index contributed by atoms with van der Waals surface area (Å²) in [5.41, 5.74) is 2.40. The van der Waals surface area contributed by atoms with Gasteiger partial charge >= 0.3 is 5.97 Å². The van der Waals surface area contributed by atoms with Gasteiger partial charge in [-0.2, -0.15) is 0 Å². The van der Waals surface area contributed by atoms with Gasteiger partial charge in [-0.3, -0.25) is 4.79 Å². The van der Waals surface area contributed by atoms with E-state index in [1.165, 1.54) is 22.3 Å². The summed E-state index contributed by atoms with van der Waals surface area (Å²) in [4.78, 5) is 25.3. The van der Waals surface area contributed by atoms with Crippen molar-refractivity contribution >= 4 is 28.9 Å². The number of hydrogen-bond donors (Lipinski definition) is 2. The number of rotatable bonds is 3. The molecule has 1 aliphatic rings. The Morgan fingerprint density at radius 3 is 2.86 bits per heavy atom. The second-order valence-electron chi connectivity index (χ2n) is 5.15. The van der Waals surface area contributed by atoms with Crippen LogP contribution in [-0.2, 0) is 17.8 Å². The molecule has 2 heterocycles. The summed E-state index contributed by atoms with van der Waals surface area (Å²) in [7, 11) is 0. The molecule has 0 fully saturated rings. The van der Waals surface area contributed by atoms with Crippen molar-refractivity contribution in [1.82, 2.24) is 0 Å². The minimum absolute atomic E-state index is 0.191. The van der Waals surface area contributed by atoms with Gasteiger partial charge in [0.15, 0.2) is 0 Å². The molecule has 0 spiro atoms. The fourth-order valence-electron chi connectivity index (χ4n) is 2.38. The van der Waals surface area contributed by atoms with Crippen molar-refractivity contribution in [1.29, 1.82) is 0 Å². The molecule has 1 aromatic heterocycles. The van der Waals surface area contributed by atoms with Crippen molar-refractivity contribution < 1.29 is 19.4 Å². The summed E-state index contributed by atoms with van der Waals surface area (Å²) in [6.45, 7) is 2.96. The van der Waals surface area contributed by atoms with Crippen LogP contribution >= 0.6 is 11.3 Å². The Balaban J connectivity index is 1.81. The first-order chi connectivity index (χ1) is 10.5. The number of ether oxygens (including phenoxy) is 1. The average molecular weight is 317 g/mol. The van der Waals surface area contributed by atoms with Crippen molar-refractivity contribution in [2.45, 2.75) is 20.0 Å². The van der Waals surface area contributed by atoms with E-state index >= 15 is 0 Å². The fourth-order valence-corrected chi connectivity index (χ4v) is 3.43. The van der Waals surface area contributed by atoms with Gasteiger partial charge < -0.3 is 15.2 Å². The summed E-state index contributed by atoms with van der Waals surface area (Å²) >= 11 is 1.47. The van der Waals surface area contributed by atoms with Crippen LogP contribution in [0.4, 0.5) is 5.69 Å². The second-order valence-corrected chi connectivity index (χ2v) is 6.29. The van der Waals surface area contributed by atoms with Crippen LogP contribution in [-0.4, -0.2) is 23.6 Å². The zero-order valence-electron chi connectivity index (χ0n) is 12.0. The average Bonchev–Trinajstić information content (AvgIpc) is 2.93. The van der Waals surface area contributed by atoms with E-state index in [1.54, 1.807) is 19.1 Å². The molecule has 5 nitrogen and oxygen atoms in total. The smallest absolute Gasteiger partial charge is 0.336 e. The van der Waals surface area contributed by atoms with E-state index in [-0.39, 0.29) is 11.5 Å². The molecular weight excluding hydrogens is 302 g/mol. The van der Waals surface area contributed by atoms with Crippen LogP contribution in [0.3, 0.4) is 0 Å². The molecule has 2 aromatic rings. The molecule has 0 atom stereocenters. The van der Waals surface area contributed by atoms with Gasteiger partial charge in [0.2, 0.25) is 0 Å². The lowest BCUT2D eigenvalue weighted by atomic mass is 10.1. The summed E-state index contributed by atoms with van der Waals surface area (Å²) < 4.78 is 5.37. The molecule has 0 radical (unpaired) electrons. The largest absolute Gasteiger partial charge is 0.478 e. The Morgan fingerprint density at radius 2 is 2.14 bits per heavy atom. The third-order valence-electron chi connectivity index (χ3n) is 3.58. The quantitative estimate of drug-likeness (QED) is 0.912. The van der Waals surface area contributed by atoms with Gasteiger partial charge in [-0.1, -0.05) is 6.07 Å². The summed E-state index contributed by atoms with van der Waals surface area (Å²) in [5, 5.41) is 11.9. The minimum atomic E-state index is -1.00. The van der Waals surface area contributed by atoms with E-state index in [4.69, 9.17) is 9.84 Å². The lowest BCUT2D eigenvalue weighted by Crippen LogP contribution is -2.11.